The number of rotatable bonds is 6. The van der Waals surface area contributed by atoms with Crippen LogP contribution in [0.4, 0.5) is 4.79 Å². The van der Waals surface area contributed by atoms with Crippen molar-refractivity contribution in [2.24, 2.45) is 5.41 Å². The van der Waals surface area contributed by atoms with Crippen molar-refractivity contribution >= 4 is 6.03 Å². The van der Waals surface area contributed by atoms with Gasteiger partial charge in [-0.25, -0.2) is 4.79 Å². The van der Waals surface area contributed by atoms with Gasteiger partial charge in [0.15, 0.2) is 0 Å². The van der Waals surface area contributed by atoms with E-state index in [0.29, 0.717) is 13.2 Å². The van der Waals surface area contributed by atoms with Gasteiger partial charge in [0.2, 0.25) is 0 Å². The van der Waals surface area contributed by atoms with Gasteiger partial charge < -0.3 is 20.5 Å². The summed E-state index contributed by atoms with van der Waals surface area (Å²) in [4.78, 5) is 12.2. The van der Waals surface area contributed by atoms with Crippen molar-refractivity contribution in [1.29, 1.82) is 0 Å². The topological polar surface area (TPSA) is 70.6 Å². The number of carbonyl (C=O) groups is 1. The van der Waals surface area contributed by atoms with Crippen LogP contribution in [0.15, 0.2) is 18.2 Å². The van der Waals surface area contributed by atoms with Crippen molar-refractivity contribution in [1.82, 2.24) is 10.6 Å². The number of aliphatic hydroxyl groups is 1. The fraction of sp³-hybridized carbons (Fsp3) is 0.611. The first-order chi connectivity index (χ1) is 11.0. The summed E-state index contributed by atoms with van der Waals surface area (Å²) in [5.74, 6) is 0.814. The molecule has 1 saturated carbocycles. The molecule has 1 aliphatic carbocycles. The zero-order valence-electron chi connectivity index (χ0n) is 14.3. The van der Waals surface area contributed by atoms with Crippen LogP contribution in [-0.2, 0) is 6.54 Å². The van der Waals surface area contributed by atoms with Crippen molar-refractivity contribution < 1.29 is 14.6 Å². The molecule has 2 rings (SSSR count). The molecule has 5 heteroatoms. The third-order valence-corrected chi connectivity index (χ3v) is 4.71. The number of amides is 2. The lowest BCUT2D eigenvalue weighted by Crippen LogP contribution is -2.48. The minimum Gasteiger partial charge on any atom is -0.494 e. The van der Waals surface area contributed by atoms with Gasteiger partial charge in [0.1, 0.15) is 5.75 Å². The molecular weight excluding hydrogens is 292 g/mol. The van der Waals surface area contributed by atoms with Crippen LogP contribution in [0.2, 0.25) is 0 Å². The first kappa shape index (κ1) is 17.6. The van der Waals surface area contributed by atoms with E-state index in [0.717, 1.165) is 36.1 Å². The average molecular weight is 320 g/mol. The van der Waals surface area contributed by atoms with E-state index in [4.69, 9.17) is 4.74 Å². The van der Waals surface area contributed by atoms with Crippen LogP contribution in [0.3, 0.4) is 0 Å². The molecule has 1 aromatic rings. The first-order valence-electron chi connectivity index (χ1n) is 8.36. The predicted molar refractivity (Wildman–Crippen MR) is 90.6 cm³/mol. The van der Waals surface area contributed by atoms with E-state index in [9.17, 15) is 9.90 Å². The number of benzene rings is 1. The summed E-state index contributed by atoms with van der Waals surface area (Å²) in [6, 6.07) is 5.81. The largest absolute Gasteiger partial charge is 0.494 e. The third-order valence-electron chi connectivity index (χ3n) is 4.71. The van der Waals surface area contributed by atoms with Crippen molar-refractivity contribution in [3.63, 3.8) is 0 Å². The highest BCUT2D eigenvalue weighted by atomic mass is 16.5. The summed E-state index contributed by atoms with van der Waals surface area (Å²) in [5.41, 5.74) is 1.88. The second-order valence-electron chi connectivity index (χ2n) is 6.63. The Balaban J connectivity index is 1.92. The fourth-order valence-corrected chi connectivity index (χ4v) is 3.15. The maximum atomic E-state index is 12.2. The summed E-state index contributed by atoms with van der Waals surface area (Å²) in [6.45, 7) is 7.11. The highest BCUT2D eigenvalue weighted by Gasteiger charge is 2.39. The van der Waals surface area contributed by atoms with Gasteiger partial charge in [-0.1, -0.05) is 25.5 Å². The van der Waals surface area contributed by atoms with E-state index in [-0.39, 0.29) is 24.1 Å². The Morgan fingerprint density at radius 2 is 2.26 bits per heavy atom. The number of hydrogen-bond donors (Lipinski definition) is 3. The lowest BCUT2D eigenvalue weighted by molar-refractivity contribution is 0.121. The molecule has 0 aliphatic heterocycles. The highest BCUT2D eigenvalue weighted by Crippen LogP contribution is 2.37. The second kappa shape index (κ2) is 7.68. The highest BCUT2D eigenvalue weighted by molar-refractivity contribution is 5.74. The first-order valence-corrected chi connectivity index (χ1v) is 8.36. The van der Waals surface area contributed by atoms with Gasteiger partial charge in [-0.2, -0.15) is 0 Å². The van der Waals surface area contributed by atoms with Gasteiger partial charge in [-0.3, -0.25) is 0 Å². The van der Waals surface area contributed by atoms with Crippen LogP contribution < -0.4 is 15.4 Å². The summed E-state index contributed by atoms with van der Waals surface area (Å²) >= 11 is 0. The number of aryl methyl sites for hydroxylation is 1. The molecule has 1 aliphatic rings. The van der Waals surface area contributed by atoms with Crippen molar-refractivity contribution in [2.75, 3.05) is 13.2 Å². The summed E-state index contributed by atoms with van der Waals surface area (Å²) in [7, 11) is 0. The molecular formula is C18H28N2O3. The van der Waals surface area contributed by atoms with Gasteiger partial charge >= 0.3 is 6.03 Å². The van der Waals surface area contributed by atoms with E-state index in [1.54, 1.807) is 0 Å². The number of nitrogens with one attached hydrogen (secondary N) is 2. The van der Waals surface area contributed by atoms with E-state index in [1.807, 2.05) is 39.0 Å². The van der Waals surface area contributed by atoms with Gasteiger partial charge in [-0.05, 0) is 38.3 Å². The molecule has 2 unspecified atom stereocenters. The van der Waals surface area contributed by atoms with Crippen LogP contribution in [0.1, 0.15) is 44.2 Å². The number of carbonyl (C=O) groups excluding carboxylic acids is 1. The van der Waals surface area contributed by atoms with Crippen LogP contribution >= 0.6 is 0 Å². The molecule has 128 valence electrons. The van der Waals surface area contributed by atoms with E-state index >= 15 is 0 Å². The Hall–Kier alpha value is -1.75. The summed E-state index contributed by atoms with van der Waals surface area (Å²) in [6.07, 6.45) is 2.90. The molecule has 0 saturated heterocycles. The minimum absolute atomic E-state index is 0.0249. The molecule has 23 heavy (non-hydrogen) atoms. The van der Waals surface area contributed by atoms with E-state index in [1.165, 1.54) is 0 Å². The fourth-order valence-electron chi connectivity index (χ4n) is 3.15. The Morgan fingerprint density at radius 1 is 1.48 bits per heavy atom. The van der Waals surface area contributed by atoms with E-state index < -0.39 is 0 Å². The summed E-state index contributed by atoms with van der Waals surface area (Å²) < 4.78 is 5.63. The number of hydrogen-bond acceptors (Lipinski definition) is 3. The molecule has 2 amide bonds. The van der Waals surface area contributed by atoms with Crippen LogP contribution in [-0.4, -0.2) is 30.4 Å². The van der Waals surface area contributed by atoms with Crippen LogP contribution in [0.5, 0.6) is 5.75 Å². The smallest absolute Gasteiger partial charge is 0.315 e. The zero-order valence-corrected chi connectivity index (χ0v) is 14.3. The molecule has 5 nitrogen and oxygen atoms in total. The quantitative estimate of drug-likeness (QED) is 0.755. The minimum atomic E-state index is -0.211. The normalized spacial score (nSPS) is 23.6. The molecule has 2 atom stereocenters. The van der Waals surface area contributed by atoms with E-state index in [2.05, 4.69) is 10.6 Å². The Morgan fingerprint density at radius 3 is 2.96 bits per heavy atom. The zero-order chi connectivity index (χ0) is 16.9. The lowest BCUT2D eigenvalue weighted by Gasteiger charge is -2.30. The molecule has 0 radical (unpaired) electrons. The molecule has 3 N–H and O–H groups in total. The maximum absolute atomic E-state index is 12.2. The van der Waals surface area contributed by atoms with Gasteiger partial charge in [0.05, 0.1) is 13.2 Å². The van der Waals surface area contributed by atoms with Gasteiger partial charge in [-0.15, -0.1) is 0 Å². The molecule has 0 aromatic heterocycles. The predicted octanol–water partition coefficient (Wildman–Crippen LogP) is 2.74. The van der Waals surface area contributed by atoms with Crippen molar-refractivity contribution in [2.45, 2.75) is 52.6 Å². The Bertz CT molecular complexity index is 547. The van der Waals surface area contributed by atoms with Crippen molar-refractivity contribution in [3.8, 4) is 5.75 Å². The van der Waals surface area contributed by atoms with Gasteiger partial charge in [0.25, 0.3) is 0 Å². The number of aliphatic hydroxyl groups excluding tert-OH is 1. The third kappa shape index (κ3) is 4.38. The molecule has 0 heterocycles. The van der Waals surface area contributed by atoms with Crippen LogP contribution in [0.25, 0.3) is 0 Å². The number of ether oxygens (including phenoxy) is 1. The SMILES string of the molecule is CCOc1cc(C)ccc1CNC(=O)NC1CCCC1(C)CO. The Labute approximate surface area is 138 Å². The lowest BCUT2D eigenvalue weighted by atomic mass is 9.86. The van der Waals surface area contributed by atoms with Crippen molar-refractivity contribution in [3.05, 3.63) is 29.3 Å². The monoisotopic (exact) mass is 320 g/mol. The molecule has 1 aromatic carbocycles. The van der Waals surface area contributed by atoms with Crippen LogP contribution in [0, 0.1) is 12.3 Å². The number of urea groups is 1. The molecule has 0 spiro atoms. The maximum Gasteiger partial charge on any atom is 0.315 e. The summed E-state index contributed by atoms with van der Waals surface area (Å²) in [5, 5.41) is 15.4. The molecule has 0 bridgehead atoms. The second-order valence-corrected chi connectivity index (χ2v) is 6.63. The standard InChI is InChI=1S/C18H28N2O3/c1-4-23-15-10-13(2)7-8-14(15)11-19-17(22)20-16-6-5-9-18(16,3)12-21/h7-8,10,16,21H,4-6,9,11-12H2,1-3H3,(H2,19,20,22). The average Bonchev–Trinajstić information content (AvgIpc) is 2.88. The van der Waals surface area contributed by atoms with Gasteiger partial charge in [0, 0.05) is 23.6 Å². The Kier molecular flexibility index (Phi) is 5.88. The molecule has 1 fully saturated rings.